The van der Waals surface area contributed by atoms with Gasteiger partial charge in [0.1, 0.15) is 6.04 Å². The number of carbonyl (C=O) groups is 2. The molecule has 0 unspecified atom stereocenters. The van der Waals surface area contributed by atoms with Crippen LogP contribution in [-0.2, 0) is 9.59 Å². The van der Waals surface area contributed by atoms with E-state index >= 15 is 0 Å². The van der Waals surface area contributed by atoms with E-state index in [0.717, 1.165) is 0 Å². The summed E-state index contributed by atoms with van der Waals surface area (Å²) in [6, 6.07) is -0.766. The lowest BCUT2D eigenvalue weighted by molar-refractivity contribution is -0.141. The van der Waals surface area contributed by atoms with Crippen LogP contribution >= 0.6 is 0 Å². The molecule has 0 saturated carbocycles. The lowest BCUT2D eigenvalue weighted by atomic mass is 9.88. The highest BCUT2D eigenvalue weighted by atomic mass is 16.4. The SMILES string of the molecule is CC(C)(C)NCC(=O)O.CC(C)(C)[C@H](N)C(=O)O. The molecule has 0 aromatic rings. The number of carboxylic acids is 2. The van der Waals surface area contributed by atoms with Crippen molar-refractivity contribution in [3.63, 3.8) is 0 Å². The van der Waals surface area contributed by atoms with Crippen LogP contribution in [0, 0.1) is 5.41 Å². The summed E-state index contributed by atoms with van der Waals surface area (Å²) in [7, 11) is 0. The first-order chi connectivity index (χ1) is 7.77. The van der Waals surface area contributed by atoms with Crippen molar-refractivity contribution in [3.8, 4) is 0 Å². The molecule has 0 aromatic carbocycles. The number of rotatable bonds is 3. The fraction of sp³-hybridized carbons (Fsp3) is 0.833. The minimum absolute atomic E-state index is 0.0312. The lowest BCUT2D eigenvalue weighted by Gasteiger charge is -2.22. The summed E-state index contributed by atoms with van der Waals surface area (Å²) in [5, 5.41) is 19.4. The van der Waals surface area contributed by atoms with Crippen LogP contribution in [0.3, 0.4) is 0 Å². The van der Waals surface area contributed by atoms with E-state index in [1.807, 2.05) is 20.8 Å². The Morgan fingerprint density at radius 2 is 1.50 bits per heavy atom. The highest BCUT2D eigenvalue weighted by molar-refractivity contribution is 5.74. The van der Waals surface area contributed by atoms with Crippen molar-refractivity contribution in [2.24, 2.45) is 11.1 Å². The number of hydrogen-bond acceptors (Lipinski definition) is 4. The van der Waals surface area contributed by atoms with Crippen LogP contribution in [0.4, 0.5) is 0 Å². The second kappa shape index (κ2) is 7.33. The van der Waals surface area contributed by atoms with Gasteiger partial charge in [0.25, 0.3) is 0 Å². The summed E-state index contributed by atoms with van der Waals surface area (Å²) >= 11 is 0. The Morgan fingerprint density at radius 1 is 1.11 bits per heavy atom. The number of nitrogens with two attached hydrogens (primary N) is 1. The van der Waals surface area contributed by atoms with Crippen LogP contribution in [-0.4, -0.2) is 40.3 Å². The smallest absolute Gasteiger partial charge is 0.321 e. The molecule has 0 spiro atoms. The average Bonchev–Trinajstić information content (AvgIpc) is 2.12. The Balaban J connectivity index is 0. The number of aliphatic carboxylic acids is 2. The van der Waals surface area contributed by atoms with Crippen LogP contribution in [0.1, 0.15) is 41.5 Å². The second-order valence-electron chi connectivity index (χ2n) is 6.18. The van der Waals surface area contributed by atoms with Crippen molar-refractivity contribution in [2.75, 3.05) is 6.54 Å². The quantitative estimate of drug-likeness (QED) is 0.601. The summed E-state index contributed by atoms with van der Waals surface area (Å²) in [6.07, 6.45) is 0. The van der Waals surface area contributed by atoms with E-state index in [9.17, 15) is 9.59 Å². The summed E-state index contributed by atoms with van der Waals surface area (Å²) < 4.78 is 0. The number of carboxylic acid groups (broad SMARTS) is 2. The largest absolute Gasteiger partial charge is 0.480 e. The van der Waals surface area contributed by atoms with Gasteiger partial charge in [-0.3, -0.25) is 9.59 Å². The molecule has 0 fully saturated rings. The van der Waals surface area contributed by atoms with Gasteiger partial charge in [0.2, 0.25) is 0 Å². The summed E-state index contributed by atoms with van der Waals surface area (Å²) in [5.41, 5.74) is 4.85. The maximum Gasteiger partial charge on any atom is 0.321 e. The summed E-state index contributed by atoms with van der Waals surface area (Å²) in [4.78, 5) is 20.2. The Labute approximate surface area is 109 Å². The molecule has 6 heteroatoms. The van der Waals surface area contributed by atoms with Crippen LogP contribution in [0.25, 0.3) is 0 Å². The van der Waals surface area contributed by atoms with Crippen LogP contribution in [0.5, 0.6) is 0 Å². The van der Waals surface area contributed by atoms with E-state index in [1.54, 1.807) is 20.8 Å². The van der Waals surface area contributed by atoms with Crippen molar-refractivity contribution < 1.29 is 19.8 Å². The molecule has 0 aliphatic rings. The van der Waals surface area contributed by atoms with E-state index in [2.05, 4.69) is 5.32 Å². The predicted octanol–water partition coefficient (Wildman–Crippen LogP) is 0.904. The molecule has 108 valence electrons. The van der Waals surface area contributed by atoms with E-state index in [0.29, 0.717) is 0 Å². The van der Waals surface area contributed by atoms with Gasteiger partial charge in [-0.2, -0.15) is 0 Å². The molecule has 0 aliphatic heterocycles. The molecule has 0 heterocycles. The first-order valence-electron chi connectivity index (χ1n) is 5.72. The molecule has 0 aliphatic carbocycles. The zero-order valence-corrected chi connectivity index (χ0v) is 12.1. The topological polar surface area (TPSA) is 113 Å². The van der Waals surface area contributed by atoms with Crippen molar-refractivity contribution in [1.82, 2.24) is 5.32 Å². The lowest BCUT2D eigenvalue weighted by Crippen LogP contribution is -2.41. The first kappa shape index (κ1) is 19.2. The van der Waals surface area contributed by atoms with Gasteiger partial charge in [-0.25, -0.2) is 0 Å². The van der Waals surface area contributed by atoms with Crippen molar-refractivity contribution in [3.05, 3.63) is 0 Å². The molecular weight excluding hydrogens is 236 g/mol. The van der Waals surface area contributed by atoms with Crippen LogP contribution in [0.2, 0.25) is 0 Å². The standard InChI is InChI=1S/2C6H13NO2/c1-6(2,3)7-4-5(8)9;1-6(2,3)4(7)5(8)9/h7H,4H2,1-3H3,(H,8,9);4H,7H2,1-3H3,(H,8,9)/t;4-/m.1/s1. The third-order valence-electron chi connectivity index (χ3n) is 1.97. The Bertz CT molecular complexity index is 277. The molecule has 18 heavy (non-hydrogen) atoms. The summed E-state index contributed by atoms with van der Waals surface area (Å²) in [5.74, 6) is -1.76. The van der Waals surface area contributed by atoms with Gasteiger partial charge in [0, 0.05) is 5.54 Å². The molecule has 0 bridgehead atoms. The third-order valence-corrected chi connectivity index (χ3v) is 1.97. The highest BCUT2D eigenvalue weighted by Gasteiger charge is 2.26. The molecule has 0 saturated heterocycles. The fourth-order valence-corrected chi connectivity index (χ4v) is 0.711. The van der Waals surface area contributed by atoms with Gasteiger partial charge < -0.3 is 21.3 Å². The monoisotopic (exact) mass is 262 g/mol. The fourth-order valence-electron chi connectivity index (χ4n) is 0.711. The molecule has 0 amide bonds. The zero-order chi connectivity index (χ0) is 15.1. The van der Waals surface area contributed by atoms with Crippen LogP contribution < -0.4 is 11.1 Å². The number of hydrogen-bond donors (Lipinski definition) is 4. The van der Waals surface area contributed by atoms with Crippen molar-refractivity contribution >= 4 is 11.9 Å². The molecule has 6 nitrogen and oxygen atoms in total. The third kappa shape index (κ3) is 12.9. The normalized spacial score (nSPS) is 13.3. The maximum absolute atomic E-state index is 10.2. The Hall–Kier alpha value is -1.14. The van der Waals surface area contributed by atoms with E-state index in [-0.39, 0.29) is 17.5 Å². The number of nitrogens with one attached hydrogen (secondary N) is 1. The van der Waals surface area contributed by atoms with E-state index in [1.165, 1.54) is 0 Å². The van der Waals surface area contributed by atoms with Gasteiger partial charge in [0.05, 0.1) is 6.54 Å². The van der Waals surface area contributed by atoms with Crippen molar-refractivity contribution in [2.45, 2.75) is 53.1 Å². The van der Waals surface area contributed by atoms with Crippen LogP contribution in [0.15, 0.2) is 0 Å². The average molecular weight is 262 g/mol. The zero-order valence-electron chi connectivity index (χ0n) is 12.1. The Morgan fingerprint density at radius 3 is 1.56 bits per heavy atom. The molecule has 1 atom stereocenters. The predicted molar refractivity (Wildman–Crippen MR) is 70.5 cm³/mol. The summed E-state index contributed by atoms with van der Waals surface area (Å²) in [6.45, 7) is 11.2. The van der Waals surface area contributed by atoms with Gasteiger partial charge in [0.15, 0.2) is 0 Å². The van der Waals surface area contributed by atoms with E-state index in [4.69, 9.17) is 15.9 Å². The molecular formula is C12H26N2O4. The van der Waals surface area contributed by atoms with Crippen molar-refractivity contribution in [1.29, 1.82) is 0 Å². The second-order valence-corrected chi connectivity index (χ2v) is 6.18. The first-order valence-corrected chi connectivity index (χ1v) is 5.72. The Kier molecular flexibility index (Phi) is 7.82. The van der Waals surface area contributed by atoms with Gasteiger partial charge >= 0.3 is 11.9 Å². The maximum atomic E-state index is 10.2. The van der Waals surface area contributed by atoms with E-state index < -0.39 is 18.0 Å². The highest BCUT2D eigenvalue weighted by Crippen LogP contribution is 2.16. The molecule has 5 N–H and O–H groups in total. The van der Waals surface area contributed by atoms with Gasteiger partial charge in [-0.05, 0) is 26.2 Å². The molecule has 0 radical (unpaired) electrons. The minimum Gasteiger partial charge on any atom is -0.480 e. The van der Waals surface area contributed by atoms with Gasteiger partial charge in [-0.1, -0.05) is 20.8 Å². The molecule has 0 rings (SSSR count). The van der Waals surface area contributed by atoms with Gasteiger partial charge in [-0.15, -0.1) is 0 Å². The minimum atomic E-state index is -0.942. The molecule has 0 aromatic heterocycles.